The fourth-order valence-electron chi connectivity index (χ4n) is 2.80. The van der Waals surface area contributed by atoms with E-state index in [2.05, 4.69) is 13.8 Å². The molecule has 2 atom stereocenters. The molecule has 2 unspecified atom stereocenters. The molecule has 0 heterocycles. The van der Waals surface area contributed by atoms with E-state index in [1.165, 1.54) is 25.7 Å². The highest BCUT2D eigenvalue weighted by Crippen LogP contribution is 2.37. The molecule has 1 rings (SSSR count). The average molecular weight is 212 g/mol. The van der Waals surface area contributed by atoms with Crippen molar-refractivity contribution in [2.45, 2.75) is 52.9 Å². The molecule has 15 heavy (non-hydrogen) atoms. The average Bonchev–Trinajstić information content (AvgIpc) is 2.18. The van der Waals surface area contributed by atoms with Crippen molar-refractivity contribution in [1.82, 2.24) is 0 Å². The monoisotopic (exact) mass is 212 g/mol. The second-order valence-corrected chi connectivity index (χ2v) is 4.96. The Morgan fingerprint density at radius 3 is 2.60 bits per heavy atom. The molecule has 1 fully saturated rings. The summed E-state index contributed by atoms with van der Waals surface area (Å²) in [6.07, 6.45) is 5.76. The molecule has 0 N–H and O–H groups in total. The Kier molecular flexibility index (Phi) is 5.13. The van der Waals surface area contributed by atoms with Crippen LogP contribution in [0.2, 0.25) is 0 Å². The minimum Gasteiger partial charge on any atom is -0.466 e. The quantitative estimate of drug-likeness (QED) is 0.668. The number of hydrogen-bond acceptors (Lipinski definition) is 2. The summed E-state index contributed by atoms with van der Waals surface area (Å²) in [6, 6.07) is 0. The van der Waals surface area contributed by atoms with E-state index in [0.717, 1.165) is 5.92 Å². The Labute approximate surface area is 93.4 Å². The summed E-state index contributed by atoms with van der Waals surface area (Å²) in [4.78, 5) is 11.5. The van der Waals surface area contributed by atoms with Gasteiger partial charge in [-0.05, 0) is 37.5 Å². The van der Waals surface area contributed by atoms with Gasteiger partial charge in [-0.2, -0.15) is 0 Å². The molecule has 0 spiro atoms. The fourth-order valence-corrected chi connectivity index (χ4v) is 2.80. The second kappa shape index (κ2) is 6.14. The first-order chi connectivity index (χ1) is 7.15. The first kappa shape index (κ1) is 12.5. The predicted octanol–water partition coefficient (Wildman–Crippen LogP) is 3.40. The molecule has 2 nitrogen and oxygen atoms in total. The first-order valence-electron chi connectivity index (χ1n) is 6.30. The molecule has 0 saturated heterocycles. The van der Waals surface area contributed by atoms with Crippen molar-refractivity contribution in [3.8, 4) is 0 Å². The molecular formula is C13H24O2. The maximum atomic E-state index is 11.5. The van der Waals surface area contributed by atoms with Gasteiger partial charge in [0.25, 0.3) is 0 Å². The van der Waals surface area contributed by atoms with Crippen molar-refractivity contribution >= 4 is 5.97 Å². The maximum absolute atomic E-state index is 11.5. The van der Waals surface area contributed by atoms with Crippen molar-refractivity contribution < 1.29 is 9.53 Å². The fraction of sp³-hybridized carbons (Fsp3) is 0.923. The van der Waals surface area contributed by atoms with Crippen LogP contribution in [0, 0.1) is 17.8 Å². The Balaban J connectivity index is 2.45. The highest BCUT2D eigenvalue weighted by Gasteiger charge is 2.29. The maximum Gasteiger partial charge on any atom is 0.306 e. The lowest BCUT2D eigenvalue weighted by molar-refractivity contribution is -0.145. The molecule has 2 heteroatoms. The van der Waals surface area contributed by atoms with E-state index in [1.807, 2.05) is 6.92 Å². The topological polar surface area (TPSA) is 26.3 Å². The number of carbonyl (C=O) groups excluding carboxylic acids is 1. The van der Waals surface area contributed by atoms with Gasteiger partial charge in [0.2, 0.25) is 0 Å². The molecule has 1 aliphatic rings. The zero-order valence-corrected chi connectivity index (χ0v) is 10.3. The largest absolute Gasteiger partial charge is 0.466 e. The van der Waals surface area contributed by atoms with Gasteiger partial charge < -0.3 is 4.74 Å². The van der Waals surface area contributed by atoms with E-state index in [-0.39, 0.29) is 5.97 Å². The van der Waals surface area contributed by atoms with Crippen molar-refractivity contribution in [2.75, 3.05) is 6.61 Å². The van der Waals surface area contributed by atoms with Crippen LogP contribution in [0.4, 0.5) is 0 Å². The summed E-state index contributed by atoms with van der Waals surface area (Å²) >= 11 is 0. The van der Waals surface area contributed by atoms with Gasteiger partial charge in [0, 0.05) is 6.42 Å². The highest BCUT2D eigenvalue weighted by molar-refractivity contribution is 5.69. The van der Waals surface area contributed by atoms with Gasteiger partial charge in [-0.15, -0.1) is 0 Å². The van der Waals surface area contributed by atoms with Crippen molar-refractivity contribution in [1.29, 1.82) is 0 Å². The third-order valence-corrected chi connectivity index (χ3v) is 3.56. The minimum absolute atomic E-state index is 0.00458. The van der Waals surface area contributed by atoms with Crippen LogP contribution in [-0.2, 0) is 9.53 Å². The highest BCUT2D eigenvalue weighted by atomic mass is 16.5. The molecule has 1 saturated carbocycles. The van der Waals surface area contributed by atoms with Crippen LogP contribution in [0.15, 0.2) is 0 Å². The minimum atomic E-state index is -0.00458. The van der Waals surface area contributed by atoms with E-state index in [0.29, 0.717) is 24.9 Å². The van der Waals surface area contributed by atoms with Gasteiger partial charge in [-0.1, -0.05) is 26.7 Å². The van der Waals surface area contributed by atoms with E-state index in [1.54, 1.807) is 0 Å². The summed E-state index contributed by atoms with van der Waals surface area (Å²) in [5.74, 6) is 1.99. The van der Waals surface area contributed by atoms with Gasteiger partial charge in [-0.3, -0.25) is 4.79 Å². The lowest BCUT2D eigenvalue weighted by atomic mass is 9.72. The van der Waals surface area contributed by atoms with Gasteiger partial charge in [0.1, 0.15) is 0 Å². The molecule has 0 aromatic carbocycles. The smallest absolute Gasteiger partial charge is 0.306 e. The third kappa shape index (κ3) is 3.84. The van der Waals surface area contributed by atoms with E-state index >= 15 is 0 Å². The standard InChI is InChI=1S/C13H24O2/c1-4-15-13(14)9-11-7-5-6-8-12(11)10(2)3/h10-12H,4-9H2,1-3H3. The van der Waals surface area contributed by atoms with Gasteiger partial charge in [0.05, 0.1) is 6.61 Å². The number of carbonyl (C=O) groups is 1. The van der Waals surface area contributed by atoms with Crippen LogP contribution in [0.1, 0.15) is 52.9 Å². The molecule has 0 aromatic heterocycles. The van der Waals surface area contributed by atoms with E-state index in [4.69, 9.17) is 4.74 Å². The molecule has 0 radical (unpaired) electrons. The summed E-state index contributed by atoms with van der Waals surface area (Å²) in [7, 11) is 0. The van der Waals surface area contributed by atoms with Crippen LogP contribution in [0.5, 0.6) is 0 Å². The lowest BCUT2D eigenvalue weighted by Crippen LogP contribution is -2.26. The molecule has 88 valence electrons. The van der Waals surface area contributed by atoms with Crippen LogP contribution in [0.3, 0.4) is 0 Å². The lowest BCUT2D eigenvalue weighted by Gasteiger charge is -2.33. The number of ether oxygens (including phenoxy) is 1. The number of rotatable bonds is 4. The zero-order valence-electron chi connectivity index (χ0n) is 10.3. The zero-order chi connectivity index (χ0) is 11.3. The van der Waals surface area contributed by atoms with Crippen molar-refractivity contribution in [2.24, 2.45) is 17.8 Å². The van der Waals surface area contributed by atoms with Crippen LogP contribution in [-0.4, -0.2) is 12.6 Å². The summed E-state index contributed by atoms with van der Waals surface area (Å²) in [6.45, 7) is 6.93. The summed E-state index contributed by atoms with van der Waals surface area (Å²) < 4.78 is 5.03. The Hall–Kier alpha value is -0.530. The molecule has 0 aliphatic heterocycles. The van der Waals surface area contributed by atoms with Crippen LogP contribution in [0.25, 0.3) is 0 Å². The molecule has 1 aliphatic carbocycles. The van der Waals surface area contributed by atoms with Crippen LogP contribution < -0.4 is 0 Å². The van der Waals surface area contributed by atoms with Gasteiger partial charge in [-0.25, -0.2) is 0 Å². The van der Waals surface area contributed by atoms with Crippen LogP contribution >= 0.6 is 0 Å². The Bertz CT molecular complexity index is 199. The predicted molar refractivity (Wildman–Crippen MR) is 61.5 cm³/mol. The normalized spacial score (nSPS) is 26.7. The van der Waals surface area contributed by atoms with Gasteiger partial charge >= 0.3 is 5.97 Å². The van der Waals surface area contributed by atoms with Crippen molar-refractivity contribution in [3.63, 3.8) is 0 Å². The summed E-state index contributed by atoms with van der Waals surface area (Å²) in [5, 5.41) is 0. The second-order valence-electron chi connectivity index (χ2n) is 4.96. The van der Waals surface area contributed by atoms with E-state index < -0.39 is 0 Å². The molecule has 0 amide bonds. The Morgan fingerprint density at radius 2 is 2.00 bits per heavy atom. The first-order valence-corrected chi connectivity index (χ1v) is 6.30. The molecule has 0 aromatic rings. The SMILES string of the molecule is CCOC(=O)CC1CCCCC1C(C)C. The van der Waals surface area contributed by atoms with E-state index in [9.17, 15) is 4.79 Å². The number of esters is 1. The molecular weight excluding hydrogens is 188 g/mol. The molecule has 0 bridgehead atoms. The van der Waals surface area contributed by atoms with Crippen molar-refractivity contribution in [3.05, 3.63) is 0 Å². The Morgan fingerprint density at radius 1 is 1.33 bits per heavy atom. The number of hydrogen-bond donors (Lipinski definition) is 0. The summed E-state index contributed by atoms with van der Waals surface area (Å²) in [5.41, 5.74) is 0. The van der Waals surface area contributed by atoms with Gasteiger partial charge in [0.15, 0.2) is 0 Å². The third-order valence-electron chi connectivity index (χ3n) is 3.56.